The molecule has 0 aliphatic heterocycles. The van der Waals surface area contributed by atoms with Gasteiger partial charge in [0.25, 0.3) is 0 Å². The number of halogens is 1. The predicted molar refractivity (Wildman–Crippen MR) is 97.1 cm³/mol. The normalized spacial score (nSPS) is 12.2. The lowest BCUT2D eigenvalue weighted by Gasteiger charge is -2.21. The highest BCUT2D eigenvalue weighted by Crippen LogP contribution is 2.17. The number of nitrogens with zero attached hydrogens (tertiary/aromatic N) is 1. The van der Waals surface area contributed by atoms with Crippen LogP contribution in [0.3, 0.4) is 0 Å². The average Bonchev–Trinajstić information content (AvgIpc) is 2.54. The Kier molecular flexibility index (Phi) is 7.37. The van der Waals surface area contributed by atoms with Gasteiger partial charge in [-0.2, -0.15) is 0 Å². The Balaban J connectivity index is 1.66. The molecule has 0 aromatic heterocycles. The zero-order valence-electron chi connectivity index (χ0n) is 14.1. The molecule has 2 aromatic carbocycles. The van der Waals surface area contributed by atoms with Gasteiger partial charge in [0.1, 0.15) is 30.8 Å². The molecule has 5 heteroatoms. The van der Waals surface area contributed by atoms with Gasteiger partial charge in [-0.25, -0.2) is 0 Å². The van der Waals surface area contributed by atoms with Gasteiger partial charge in [0, 0.05) is 18.1 Å². The quantitative estimate of drug-likeness (QED) is 0.753. The first-order valence-electron chi connectivity index (χ1n) is 7.98. The van der Waals surface area contributed by atoms with Gasteiger partial charge in [0.05, 0.1) is 0 Å². The van der Waals surface area contributed by atoms with Crippen molar-refractivity contribution in [3.8, 4) is 11.5 Å². The lowest BCUT2D eigenvalue weighted by molar-refractivity contribution is 0.0720. The van der Waals surface area contributed by atoms with E-state index in [9.17, 15) is 5.11 Å². The van der Waals surface area contributed by atoms with Crippen molar-refractivity contribution in [1.82, 2.24) is 4.90 Å². The standard InChI is InChI=1S/C19H24ClNO3/c1-15-6-3-4-9-19(15)24-14-17(22)13-21(2)10-11-23-18-8-5-7-16(20)12-18/h3-9,12,17,22H,10-11,13-14H2,1-2H3. The molecule has 2 aromatic rings. The number of aliphatic hydroxyl groups excluding tert-OH is 1. The van der Waals surface area contributed by atoms with Gasteiger partial charge >= 0.3 is 0 Å². The lowest BCUT2D eigenvalue weighted by Crippen LogP contribution is -2.35. The number of hydrogen-bond donors (Lipinski definition) is 1. The minimum Gasteiger partial charge on any atom is -0.492 e. The largest absolute Gasteiger partial charge is 0.492 e. The molecule has 1 unspecified atom stereocenters. The number of para-hydroxylation sites is 1. The van der Waals surface area contributed by atoms with Crippen molar-refractivity contribution < 1.29 is 14.6 Å². The number of aliphatic hydroxyl groups is 1. The molecular weight excluding hydrogens is 326 g/mol. The predicted octanol–water partition coefficient (Wildman–Crippen LogP) is 3.40. The number of ether oxygens (including phenoxy) is 2. The maximum absolute atomic E-state index is 10.1. The Hall–Kier alpha value is -1.75. The molecular formula is C19H24ClNO3. The van der Waals surface area contributed by atoms with E-state index in [1.807, 2.05) is 61.3 Å². The fourth-order valence-corrected chi connectivity index (χ4v) is 2.46. The van der Waals surface area contributed by atoms with Crippen LogP contribution in [0.1, 0.15) is 5.56 Å². The fraction of sp³-hybridized carbons (Fsp3) is 0.368. The van der Waals surface area contributed by atoms with Crippen LogP contribution >= 0.6 is 11.6 Å². The molecule has 0 amide bonds. The van der Waals surface area contributed by atoms with Crippen molar-refractivity contribution in [3.05, 3.63) is 59.1 Å². The Morgan fingerprint density at radius 2 is 1.92 bits per heavy atom. The Morgan fingerprint density at radius 1 is 1.12 bits per heavy atom. The molecule has 2 rings (SSSR count). The van der Waals surface area contributed by atoms with E-state index in [0.29, 0.717) is 24.7 Å². The molecule has 0 fully saturated rings. The Bertz CT molecular complexity index is 636. The van der Waals surface area contributed by atoms with Crippen LogP contribution in [0.25, 0.3) is 0 Å². The second kappa shape index (κ2) is 9.52. The van der Waals surface area contributed by atoms with E-state index in [2.05, 4.69) is 0 Å². The molecule has 4 nitrogen and oxygen atoms in total. The summed E-state index contributed by atoms with van der Waals surface area (Å²) in [6.07, 6.45) is -0.555. The van der Waals surface area contributed by atoms with E-state index >= 15 is 0 Å². The number of rotatable bonds is 9. The van der Waals surface area contributed by atoms with E-state index in [0.717, 1.165) is 17.1 Å². The number of hydrogen-bond acceptors (Lipinski definition) is 4. The molecule has 0 spiro atoms. The highest BCUT2D eigenvalue weighted by molar-refractivity contribution is 6.30. The topological polar surface area (TPSA) is 41.9 Å². The maximum atomic E-state index is 10.1. The zero-order chi connectivity index (χ0) is 17.4. The Labute approximate surface area is 148 Å². The van der Waals surface area contributed by atoms with Crippen molar-refractivity contribution in [2.45, 2.75) is 13.0 Å². The van der Waals surface area contributed by atoms with Gasteiger partial charge in [-0.3, -0.25) is 0 Å². The molecule has 0 aliphatic carbocycles. The SMILES string of the molecule is Cc1ccccc1OCC(O)CN(C)CCOc1cccc(Cl)c1. The van der Waals surface area contributed by atoms with Gasteiger partial charge < -0.3 is 19.5 Å². The third kappa shape index (κ3) is 6.40. The number of benzene rings is 2. The van der Waals surface area contributed by atoms with Crippen molar-refractivity contribution in [2.75, 3.05) is 33.4 Å². The van der Waals surface area contributed by atoms with Crippen LogP contribution in [0.4, 0.5) is 0 Å². The van der Waals surface area contributed by atoms with Crippen LogP contribution in [0.5, 0.6) is 11.5 Å². The first kappa shape index (κ1) is 18.6. The molecule has 0 bridgehead atoms. The third-order valence-electron chi connectivity index (χ3n) is 3.59. The van der Waals surface area contributed by atoms with Crippen LogP contribution in [0, 0.1) is 6.92 Å². The molecule has 0 heterocycles. The first-order chi connectivity index (χ1) is 11.5. The van der Waals surface area contributed by atoms with Gasteiger partial charge in [-0.15, -0.1) is 0 Å². The van der Waals surface area contributed by atoms with Gasteiger partial charge in [-0.1, -0.05) is 35.9 Å². The smallest absolute Gasteiger partial charge is 0.122 e. The van der Waals surface area contributed by atoms with E-state index in [1.54, 1.807) is 6.07 Å². The second-order valence-corrected chi connectivity index (χ2v) is 6.23. The summed E-state index contributed by atoms with van der Waals surface area (Å²) >= 11 is 5.91. The molecule has 1 N–H and O–H groups in total. The van der Waals surface area contributed by atoms with E-state index < -0.39 is 6.10 Å². The number of likely N-dealkylation sites (N-methyl/N-ethyl adjacent to an activating group) is 1. The van der Waals surface area contributed by atoms with E-state index in [1.165, 1.54) is 0 Å². The summed E-state index contributed by atoms with van der Waals surface area (Å²) in [7, 11) is 1.94. The fourth-order valence-electron chi connectivity index (χ4n) is 2.28. The summed E-state index contributed by atoms with van der Waals surface area (Å²) in [5.41, 5.74) is 1.06. The van der Waals surface area contributed by atoms with Crippen LogP contribution in [0.15, 0.2) is 48.5 Å². The zero-order valence-corrected chi connectivity index (χ0v) is 14.9. The highest BCUT2D eigenvalue weighted by Gasteiger charge is 2.10. The number of aryl methyl sites for hydroxylation is 1. The summed E-state index contributed by atoms with van der Waals surface area (Å²) in [6.45, 7) is 4.01. The highest BCUT2D eigenvalue weighted by atomic mass is 35.5. The Morgan fingerprint density at radius 3 is 2.67 bits per heavy atom. The molecule has 0 saturated carbocycles. The van der Waals surface area contributed by atoms with E-state index in [4.69, 9.17) is 21.1 Å². The maximum Gasteiger partial charge on any atom is 0.122 e. The van der Waals surface area contributed by atoms with Gasteiger partial charge in [-0.05, 0) is 43.8 Å². The average molecular weight is 350 g/mol. The molecule has 0 aliphatic rings. The molecule has 130 valence electrons. The summed E-state index contributed by atoms with van der Waals surface area (Å²) in [6, 6.07) is 15.1. The monoisotopic (exact) mass is 349 g/mol. The molecule has 24 heavy (non-hydrogen) atoms. The van der Waals surface area contributed by atoms with Crippen LogP contribution in [-0.2, 0) is 0 Å². The van der Waals surface area contributed by atoms with Crippen molar-refractivity contribution in [3.63, 3.8) is 0 Å². The van der Waals surface area contributed by atoms with Crippen molar-refractivity contribution in [2.24, 2.45) is 0 Å². The summed E-state index contributed by atoms with van der Waals surface area (Å²) in [5, 5.41) is 10.8. The minimum atomic E-state index is -0.555. The molecule has 0 saturated heterocycles. The second-order valence-electron chi connectivity index (χ2n) is 5.80. The van der Waals surface area contributed by atoms with Crippen LogP contribution in [-0.4, -0.2) is 49.5 Å². The van der Waals surface area contributed by atoms with Crippen LogP contribution in [0.2, 0.25) is 5.02 Å². The summed E-state index contributed by atoms with van der Waals surface area (Å²) in [4.78, 5) is 2.01. The first-order valence-corrected chi connectivity index (χ1v) is 8.36. The van der Waals surface area contributed by atoms with Gasteiger partial charge in [0.2, 0.25) is 0 Å². The molecule has 1 atom stereocenters. The third-order valence-corrected chi connectivity index (χ3v) is 3.82. The van der Waals surface area contributed by atoms with Crippen LogP contribution < -0.4 is 9.47 Å². The molecule has 0 radical (unpaired) electrons. The van der Waals surface area contributed by atoms with E-state index in [-0.39, 0.29) is 6.61 Å². The van der Waals surface area contributed by atoms with Crippen molar-refractivity contribution in [1.29, 1.82) is 0 Å². The summed E-state index contributed by atoms with van der Waals surface area (Å²) < 4.78 is 11.3. The minimum absolute atomic E-state index is 0.268. The summed E-state index contributed by atoms with van der Waals surface area (Å²) in [5.74, 6) is 1.56. The lowest BCUT2D eigenvalue weighted by atomic mass is 10.2. The van der Waals surface area contributed by atoms with Gasteiger partial charge in [0.15, 0.2) is 0 Å². The van der Waals surface area contributed by atoms with Crippen molar-refractivity contribution >= 4 is 11.6 Å².